The van der Waals surface area contributed by atoms with Crippen molar-refractivity contribution in [3.05, 3.63) is 29.8 Å². The highest BCUT2D eigenvalue weighted by Crippen LogP contribution is 2.10. The van der Waals surface area contributed by atoms with Gasteiger partial charge in [-0.15, -0.1) is 0 Å². The summed E-state index contributed by atoms with van der Waals surface area (Å²) in [6, 6.07) is 6.81. The Bertz CT molecular complexity index is 317. The lowest BCUT2D eigenvalue weighted by atomic mass is 10.1. The molecule has 0 aliphatic carbocycles. The highest BCUT2D eigenvalue weighted by molar-refractivity contribution is 5.87. The van der Waals surface area contributed by atoms with Gasteiger partial charge in [-0.1, -0.05) is 13.8 Å². The molecule has 0 aliphatic rings. The van der Waals surface area contributed by atoms with Crippen molar-refractivity contribution in [2.24, 2.45) is 5.92 Å². The smallest absolute Gasteiger partial charge is 0.335 e. The molecule has 0 bridgehead atoms. The zero-order valence-electron chi connectivity index (χ0n) is 9.16. The Labute approximate surface area is 90.1 Å². The lowest BCUT2D eigenvalue weighted by Crippen LogP contribution is -2.05. The Morgan fingerprint density at radius 3 is 2.40 bits per heavy atom. The Balaban J connectivity index is 2.46. The highest BCUT2D eigenvalue weighted by atomic mass is 16.4. The first-order valence-corrected chi connectivity index (χ1v) is 5.17. The SMILES string of the molecule is CC(C)CCNc1ccc(C(=O)O)cc1. The number of carbonyl (C=O) groups is 1. The summed E-state index contributed by atoms with van der Waals surface area (Å²) >= 11 is 0. The van der Waals surface area contributed by atoms with E-state index in [0.29, 0.717) is 11.5 Å². The van der Waals surface area contributed by atoms with Gasteiger partial charge in [-0.05, 0) is 36.6 Å². The van der Waals surface area contributed by atoms with Gasteiger partial charge in [-0.2, -0.15) is 0 Å². The number of benzene rings is 1. The Morgan fingerprint density at radius 2 is 1.93 bits per heavy atom. The lowest BCUT2D eigenvalue weighted by molar-refractivity contribution is 0.0697. The average Bonchev–Trinajstić information content (AvgIpc) is 2.18. The van der Waals surface area contributed by atoms with Crippen LogP contribution in [0.2, 0.25) is 0 Å². The van der Waals surface area contributed by atoms with E-state index in [9.17, 15) is 4.79 Å². The van der Waals surface area contributed by atoms with Crippen LogP contribution in [0.3, 0.4) is 0 Å². The molecule has 1 rings (SSSR count). The molecule has 2 N–H and O–H groups in total. The first-order valence-electron chi connectivity index (χ1n) is 5.17. The largest absolute Gasteiger partial charge is 0.478 e. The second-order valence-electron chi connectivity index (χ2n) is 3.99. The minimum absolute atomic E-state index is 0.324. The van der Waals surface area contributed by atoms with E-state index in [0.717, 1.165) is 18.7 Å². The van der Waals surface area contributed by atoms with Gasteiger partial charge in [-0.25, -0.2) is 4.79 Å². The zero-order valence-corrected chi connectivity index (χ0v) is 9.16. The van der Waals surface area contributed by atoms with Crippen LogP contribution < -0.4 is 5.32 Å². The van der Waals surface area contributed by atoms with Crippen LogP contribution in [0.4, 0.5) is 5.69 Å². The van der Waals surface area contributed by atoms with Gasteiger partial charge in [-0.3, -0.25) is 0 Å². The van der Waals surface area contributed by atoms with Gasteiger partial charge in [0.15, 0.2) is 0 Å². The molecular weight excluding hydrogens is 190 g/mol. The molecule has 3 heteroatoms. The van der Waals surface area contributed by atoms with Gasteiger partial charge in [0, 0.05) is 12.2 Å². The quantitative estimate of drug-likeness (QED) is 0.780. The van der Waals surface area contributed by atoms with Crippen molar-refractivity contribution in [2.75, 3.05) is 11.9 Å². The van der Waals surface area contributed by atoms with Crippen LogP contribution in [0.15, 0.2) is 24.3 Å². The average molecular weight is 207 g/mol. The minimum atomic E-state index is -0.885. The first-order chi connectivity index (χ1) is 7.09. The molecule has 0 spiro atoms. The summed E-state index contributed by atoms with van der Waals surface area (Å²) in [6.07, 6.45) is 1.11. The second kappa shape index (κ2) is 5.39. The standard InChI is InChI=1S/C12H17NO2/c1-9(2)7-8-13-11-5-3-10(4-6-11)12(14)15/h3-6,9,13H,7-8H2,1-2H3,(H,14,15). The summed E-state index contributed by atoms with van der Waals surface area (Å²) in [6.45, 7) is 5.27. The number of hydrogen-bond acceptors (Lipinski definition) is 2. The maximum atomic E-state index is 10.6. The second-order valence-corrected chi connectivity index (χ2v) is 3.99. The number of anilines is 1. The summed E-state index contributed by atoms with van der Waals surface area (Å²) in [5.74, 6) is -0.209. The van der Waals surface area contributed by atoms with Gasteiger partial charge in [0.25, 0.3) is 0 Å². The maximum Gasteiger partial charge on any atom is 0.335 e. The van der Waals surface area contributed by atoms with Crippen molar-refractivity contribution in [1.29, 1.82) is 0 Å². The molecule has 15 heavy (non-hydrogen) atoms. The van der Waals surface area contributed by atoms with Gasteiger partial charge in [0.2, 0.25) is 0 Å². The molecule has 1 aromatic carbocycles. The molecule has 0 aliphatic heterocycles. The van der Waals surface area contributed by atoms with E-state index < -0.39 is 5.97 Å². The van der Waals surface area contributed by atoms with Gasteiger partial charge in [0.05, 0.1) is 5.56 Å². The van der Waals surface area contributed by atoms with Crippen LogP contribution >= 0.6 is 0 Å². The summed E-state index contributed by atoms with van der Waals surface area (Å²) in [5.41, 5.74) is 1.30. The molecular formula is C12H17NO2. The van der Waals surface area contributed by atoms with E-state index in [4.69, 9.17) is 5.11 Å². The number of rotatable bonds is 5. The topological polar surface area (TPSA) is 49.3 Å². The summed E-state index contributed by atoms with van der Waals surface area (Å²) in [5, 5.41) is 12.0. The summed E-state index contributed by atoms with van der Waals surface area (Å²) in [4.78, 5) is 10.6. The molecule has 82 valence electrons. The maximum absolute atomic E-state index is 10.6. The third-order valence-electron chi connectivity index (χ3n) is 2.18. The zero-order chi connectivity index (χ0) is 11.3. The van der Waals surface area contributed by atoms with Crippen LogP contribution in [0.1, 0.15) is 30.6 Å². The fraction of sp³-hybridized carbons (Fsp3) is 0.417. The molecule has 0 saturated heterocycles. The number of carboxylic acids is 1. The predicted molar refractivity (Wildman–Crippen MR) is 61.3 cm³/mol. The minimum Gasteiger partial charge on any atom is -0.478 e. The van der Waals surface area contributed by atoms with Gasteiger partial charge < -0.3 is 10.4 Å². The molecule has 0 amide bonds. The fourth-order valence-corrected chi connectivity index (χ4v) is 1.24. The molecule has 0 saturated carbocycles. The molecule has 0 unspecified atom stereocenters. The van der Waals surface area contributed by atoms with Crippen LogP contribution in [0.5, 0.6) is 0 Å². The summed E-state index contributed by atoms with van der Waals surface area (Å²) in [7, 11) is 0. The van der Waals surface area contributed by atoms with E-state index in [1.807, 2.05) is 0 Å². The van der Waals surface area contributed by atoms with Crippen LogP contribution in [0.25, 0.3) is 0 Å². The third kappa shape index (κ3) is 4.02. The number of hydrogen-bond donors (Lipinski definition) is 2. The third-order valence-corrected chi connectivity index (χ3v) is 2.18. The number of aromatic carboxylic acids is 1. The van der Waals surface area contributed by atoms with E-state index in [-0.39, 0.29) is 0 Å². The Morgan fingerprint density at radius 1 is 1.33 bits per heavy atom. The Hall–Kier alpha value is -1.51. The highest BCUT2D eigenvalue weighted by Gasteiger charge is 2.01. The molecule has 0 atom stereocenters. The van der Waals surface area contributed by atoms with Gasteiger partial charge >= 0.3 is 5.97 Å². The normalized spacial score (nSPS) is 10.3. The van der Waals surface area contributed by atoms with Crippen molar-refractivity contribution < 1.29 is 9.90 Å². The van der Waals surface area contributed by atoms with Crippen molar-refractivity contribution >= 4 is 11.7 Å². The van der Waals surface area contributed by atoms with E-state index in [1.54, 1.807) is 24.3 Å². The lowest BCUT2D eigenvalue weighted by Gasteiger charge is -2.08. The van der Waals surface area contributed by atoms with Crippen LogP contribution in [-0.2, 0) is 0 Å². The molecule has 1 aromatic rings. The molecule has 0 heterocycles. The van der Waals surface area contributed by atoms with Gasteiger partial charge in [0.1, 0.15) is 0 Å². The first kappa shape index (κ1) is 11.6. The number of nitrogens with one attached hydrogen (secondary N) is 1. The van der Waals surface area contributed by atoms with Crippen molar-refractivity contribution in [1.82, 2.24) is 0 Å². The van der Waals surface area contributed by atoms with Crippen molar-refractivity contribution in [3.8, 4) is 0 Å². The Kier molecular flexibility index (Phi) is 4.16. The fourth-order valence-electron chi connectivity index (χ4n) is 1.24. The molecule has 0 aromatic heterocycles. The summed E-state index contributed by atoms with van der Waals surface area (Å²) < 4.78 is 0. The molecule has 3 nitrogen and oxygen atoms in total. The molecule has 0 radical (unpaired) electrons. The van der Waals surface area contributed by atoms with Crippen molar-refractivity contribution in [2.45, 2.75) is 20.3 Å². The number of carboxylic acid groups (broad SMARTS) is 1. The van der Waals surface area contributed by atoms with Crippen LogP contribution in [0, 0.1) is 5.92 Å². The van der Waals surface area contributed by atoms with Crippen LogP contribution in [-0.4, -0.2) is 17.6 Å². The predicted octanol–water partition coefficient (Wildman–Crippen LogP) is 2.84. The van der Waals surface area contributed by atoms with E-state index in [2.05, 4.69) is 19.2 Å². The molecule has 0 fully saturated rings. The monoisotopic (exact) mass is 207 g/mol. The van der Waals surface area contributed by atoms with E-state index >= 15 is 0 Å². The van der Waals surface area contributed by atoms with Crippen molar-refractivity contribution in [3.63, 3.8) is 0 Å². The van der Waals surface area contributed by atoms with E-state index in [1.165, 1.54) is 0 Å².